The maximum Gasteiger partial charge on any atom is 0.143 e. The van der Waals surface area contributed by atoms with Gasteiger partial charge in [0.15, 0.2) is 0 Å². The van der Waals surface area contributed by atoms with E-state index in [9.17, 15) is 0 Å². The van der Waals surface area contributed by atoms with Crippen molar-refractivity contribution in [1.29, 1.82) is 0 Å². The Kier molecular flexibility index (Phi) is 9.51. The molecule has 134 valence electrons. The van der Waals surface area contributed by atoms with Crippen LogP contribution in [0.3, 0.4) is 0 Å². The van der Waals surface area contributed by atoms with Crippen molar-refractivity contribution in [3.63, 3.8) is 0 Å². The molecule has 2 heteroatoms. The van der Waals surface area contributed by atoms with Gasteiger partial charge in [-0.2, -0.15) is 0 Å². The van der Waals surface area contributed by atoms with E-state index in [1.807, 2.05) is 0 Å². The molecule has 0 bridgehead atoms. The van der Waals surface area contributed by atoms with Crippen LogP contribution in [0.25, 0.3) is 0 Å². The largest absolute Gasteiger partial charge is 0.378 e. The van der Waals surface area contributed by atoms with Crippen LogP contribution in [-0.4, -0.2) is 18.9 Å². The molecule has 0 radical (unpaired) electrons. The van der Waals surface area contributed by atoms with E-state index in [1.54, 1.807) is 0 Å². The average Bonchev–Trinajstić information content (AvgIpc) is 2.47. The van der Waals surface area contributed by atoms with Crippen LogP contribution in [0.2, 0.25) is 0 Å². The normalized spacial score (nSPS) is 16.6. The smallest absolute Gasteiger partial charge is 0.143 e. The minimum absolute atomic E-state index is 0.0327. The lowest BCUT2D eigenvalue weighted by Gasteiger charge is -2.45. The van der Waals surface area contributed by atoms with E-state index in [0.717, 1.165) is 19.3 Å². The summed E-state index contributed by atoms with van der Waals surface area (Å²) in [6, 6.07) is 0. The monoisotopic (exact) mass is 320 g/mol. The van der Waals surface area contributed by atoms with Gasteiger partial charge in [0, 0.05) is 10.9 Å². The molecule has 0 fully saturated rings. The molecule has 0 N–H and O–H groups in total. The molecule has 0 aliphatic carbocycles. The second kappa shape index (κ2) is 9.72. The Morgan fingerprint density at radius 2 is 1.35 bits per heavy atom. The van der Waals surface area contributed by atoms with Gasteiger partial charge in [-0.05, 0) is 52.9 Å². The third kappa shape index (κ3) is 6.49. The van der Waals surface area contributed by atoms with Crippen molar-refractivity contribution in [2.24, 2.45) is 11.3 Å². The maximum atomic E-state index is 6.64. The predicted molar refractivity (Wildman–Crippen MR) is 108 cm³/mol. The highest BCUT2D eigenvalue weighted by molar-refractivity contribution is 6.14. The maximum absolute atomic E-state index is 6.64. The van der Waals surface area contributed by atoms with Gasteiger partial charge in [-0.1, -0.05) is 64.8 Å². The van der Waals surface area contributed by atoms with Gasteiger partial charge in [0.2, 0.25) is 0 Å². The molecule has 0 aliphatic rings. The summed E-state index contributed by atoms with van der Waals surface area (Å²) in [5.74, 6) is 0.646. The first-order valence-electron chi connectivity index (χ1n) is 9.65. The molecule has 0 aromatic carbocycles. The van der Waals surface area contributed by atoms with Gasteiger partial charge in [-0.3, -0.25) is 0 Å². The highest BCUT2D eigenvalue weighted by Crippen LogP contribution is 2.44. The molecule has 0 aromatic rings. The number of hydrogen-bond acceptors (Lipinski definition) is 1. The van der Waals surface area contributed by atoms with E-state index < -0.39 is 0 Å². The molecule has 0 unspecified atom stereocenters. The summed E-state index contributed by atoms with van der Waals surface area (Å²) in [6.07, 6.45) is 14.8. The molecule has 0 heterocycles. The second-order valence-electron chi connectivity index (χ2n) is 7.82. The fraction of sp³-hybridized carbons (Fsp3) is 0.810. The zero-order valence-electron chi connectivity index (χ0n) is 17.3. The minimum atomic E-state index is -0.150. The van der Waals surface area contributed by atoms with Crippen LogP contribution in [0.15, 0.2) is 24.3 Å². The van der Waals surface area contributed by atoms with Crippen molar-refractivity contribution in [2.75, 3.05) is 0 Å². The Bertz CT molecular complexity index is 361. The molecule has 0 rings (SSSR count). The van der Waals surface area contributed by atoms with Gasteiger partial charge in [0.1, 0.15) is 7.85 Å². The predicted octanol–water partition coefficient (Wildman–Crippen LogP) is 5.90. The molecular formula is C21H41BO. The van der Waals surface area contributed by atoms with Crippen LogP contribution >= 0.6 is 0 Å². The molecule has 0 saturated heterocycles. The standard InChI is InChI=1S/C21H41BO/c1-9-15-20(16-10-2,18(11-3)12-4)17-19(7,8)23-21(22,13-5)14-6/h9-10,15-16,18H,11-14,17,22H2,1-8H3. The zero-order chi connectivity index (χ0) is 18.1. The Morgan fingerprint density at radius 1 is 0.913 bits per heavy atom. The topological polar surface area (TPSA) is 9.23 Å². The highest BCUT2D eigenvalue weighted by atomic mass is 16.5. The third-order valence-electron chi connectivity index (χ3n) is 5.45. The summed E-state index contributed by atoms with van der Waals surface area (Å²) >= 11 is 0. The molecule has 0 amide bonds. The lowest BCUT2D eigenvalue weighted by atomic mass is 9.66. The molecule has 0 aliphatic heterocycles. The summed E-state index contributed by atoms with van der Waals surface area (Å²) in [7, 11) is 2.25. The summed E-state index contributed by atoms with van der Waals surface area (Å²) in [5.41, 5.74) is -0.101. The van der Waals surface area contributed by atoms with E-state index in [2.05, 4.69) is 87.5 Å². The fourth-order valence-electron chi connectivity index (χ4n) is 4.09. The summed E-state index contributed by atoms with van der Waals surface area (Å²) < 4.78 is 6.64. The first-order valence-corrected chi connectivity index (χ1v) is 9.65. The Hall–Kier alpha value is -0.495. The van der Waals surface area contributed by atoms with Gasteiger partial charge in [-0.15, -0.1) is 0 Å². The van der Waals surface area contributed by atoms with Gasteiger partial charge in [0.25, 0.3) is 0 Å². The SMILES string of the molecule is BC(CC)(CC)OC(C)(C)CC(C=CC)(C=CC)C(CC)CC. The number of ether oxygens (including phenoxy) is 1. The Balaban J connectivity index is 5.67. The lowest BCUT2D eigenvalue weighted by molar-refractivity contribution is -0.116. The number of allylic oxidation sites excluding steroid dienone is 4. The fourth-order valence-corrected chi connectivity index (χ4v) is 4.09. The van der Waals surface area contributed by atoms with Gasteiger partial charge in [0.05, 0.1) is 5.60 Å². The molecule has 0 aromatic heterocycles. The number of rotatable bonds is 11. The third-order valence-corrected chi connectivity index (χ3v) is 5.45. The molecular weight excluding hydrogens is 279 g/mol. The first kappa shape index (κ1) is 22.5. The van der Waals surface area contributed by atoms with Crippen LogP contribution in [0.5, 0.6) is 0 Å². The zero-order valence-corrected chi connectivity index (χ0v) is 17.3. The highest BCUT2D eigenvalue weighted by Gasteiger charge is 2.40. The quantitative estimate of drug-likeness (QED) is 0.340. The molecule has 23 heavy (non-hydrogen) atoms. The molecule has 0 atom stereocenters. The lowest BCUT2D eigenvalue weighted by Crippen LogP contribution is -2.45. The van der Waals surface area contributed by atoms with Crippen molar-refractivity contribution in [3.05, 3.63) is 24.3 Å². The number of hydrogen-bond donors (Lipinski definition) is 0. The van der Waals surface area contributed by atoms with Gasteiger partial charge < -0.3 is 4.74 Å². The van der Waals surface area contributed by atoms with Gasteiger partial charge >= 0.3 is 0 Å². The van der Waals surface area contributed by atoms with Crippen LogP contribution in [-0.2, 0) is 4.74 Å². The average molecular weight is 320 g/mol. The van der Waals surface area contributed by atoms with Crippen molar-refractivity contribution < 1.29 is 4.74 Å². The van der Waals surface area contributed by atoms with Crippen LogP contribution in [0.4, 0.5) is 0 Å². The molecule has 0 spiro atoms. The van der Waals surface area contributed by atoms with Crippen molar-refractivity contribution in [2.45, 2.75) is 98.6 Å². The Labute approximate surface area is 147 Å². The molecule has 0 saturated carbocycles. The minimum Gasteiger partial charge on any atom is -0.378 e. The molecule has 1 nitrogen and oxygen atoms in total. The first-order chi connectivity index (χ1) is 10.7. The van der Waals surface area contributed by atoms with Crippen LogP contribution in [0, 0.1) is 11.3 Å². The van der Waals surface area contributed by atoms with Crippen LogP contribution in [0.1, 0.15) is 87.5 Å². The Morgan fingerprint density at radius 3 is 1.65 bits per heavy atom. The van der Waals surface area contributed by atoms with E-state index in [0.29, 0.717) is 5.92 Å². The van der Waals surface area contributed by atoms with E-state index in [4.69, 9.17) is 4.74 Å². The van der Waals surface area contributed by atoms with Crippen molar-refractivity contribution >= 4 is 7.85 Å². The van der Waals surface area contributed by atoms with E-state index in [-0.39, 0.29) is 16.5 Å². The van der Waals surface area contributed by atoms with Crippen molar-refractivity contribution in [3.8, 4) is 0 Å². The summed E-state index contributed by atoms with van der Waals surface area (Å²) in [6.45, 7) is 17.9. The van der Waals surface area contributed by atoms with Gasteiger partial charge in [-0.25, -0.2) is 0 Å². The summed E-state index contributed by atoms with van der Waals surface area (Å²) in [5, 5.41) is 0. The second-order valence-corrected chi connectivity index (χ2v) is 7.82. The summed E-state index contributed by atoms with van der Waals surface area (Å²) in [4.78, 5) is 0. The van der Waals surface area contributed by atoms with Crippen molar-refractivity contribution in [1.82, 2.24) is 0 Å². The van der Waals surface area contributed by atoms with E-state index in [1.165, 1.54) is 12.8 Å². The van der Waals surface area contributed by atoms with Crippen LogP contribution < -0.4 is 0 Å². The van der Waals surface area contributed by atoms with E-state index >= 15 is 0 Å².